The van der Waals surface area contributed by atoms with Crippen LogP contribution < -0.4 is 0 Å². The first-order valence-corrected chi connectivity index (χ1v) is 7.04. The maximum atomic E-state index is 5.79. The highest BCUT2D eigenvalue weighted by Gasteiger charge is 2.23. The summed E-state index contributed by atoms with van der Waals surface area (Å²) in [5.74, 6) is 0. The SMILES string of the molecule is c1ccc(COCc2nnn3c2-c2ccccc2C3)cc1. The summed E-state index contributed by atoms with van der Waals surface area (Å²) in [5.41, 5.74) is 5.70. The molecule has 2 aromatic carbocycles. The predicted octanol–water partition coefficient (Wildman–Crippen LogP) is 3.02. The molecule has 21 heavy (non-hydrogen) atoms. The van der Waals surface area contributed by atoms with Crippen LogP contribution >= 0.6 is 0 Å². The maximum Gasteiger partial charge on any atom is 0.116 e. The third kappa shape index (κ3) is 2.23. The molecular formula is C17H15N3O. The van der Waals surface area contributed by atoms with E-state index in [1.54, 1.807) is 0 Å². The molecule has 4 nitrogen and oxygen atoms in total. The molecule has 4 heteroatoms. The van der Waals surface area contributed by atoms with Crippen LogP contribution in [0.2, 0.25) is 0 Å². The van der Waals surface area contributed by atoms with Crippen LogP contribution in [0.25, 0.3) is 11.3 Å². The fourth-order valence-electron chi connectivity index (χ4n) is 2.74. The summed E-state index contributed by atoms with van der Waals surface area (Å²) in [5, 5.41) is 8.48. The number of rotatable bonds is 4. The Labute approximate surface area is 123 Å². The Kier molecular flexibility index (Phi) is 3.01. The van der Waals surface area contributed by atoms with Gasteiger partial charge in [-0.05, 0) is 11.1 Å². The van der Waals surface area contributed by atoms with Crippen LogP contribution in [0.3, 0.4) is 0 Å². The standard InChI is InChI=1S/C17H15N3O/c1-2-6-13(7-3-1)11-21-12-16-17-15-9-5-4-8-14(15)10-20(17)19-18-16/h1-9H,10-12H2. The Balaban J connectivity index is 1.51. The number of aromatic nitrogens is 3. The van der Waals surface area contributed by atoms with Crippen molar-refractivity contribution >= 4 is 0 Å². The number of nitrogens with zero attached hydrogens (tertiary/aromatic N) is 3. The molecule has 2 heterocycles. The number of hydrogen-bond donors (Lipinski definition) is 0. The van der Waals surface area contributed by atoms with Crippen LogP contribution in [0, 0.1) is 0 Å². The Morgan fingerprint density at radius 1 is 0.952 bits per heavy atom. The molecule has 0 radical (unpaired) electrons. The molecule has 1 aromatic heterocycles. The Bertz CT molecular complexity index is 765. The van der Waals surface area contributed by atoms with Crippen LogP contribution in [0.5, 0.6) is 0 Å². The van der Waals surface area contributed by atoms with Crippen LogP contribution in [0.4, 0.5) is 0 Å². The number of ether oxygens (including phenoxy) is 1. The zero-order valence-electron chi connectivity index (χ0n) is 11.6. The van der Waals surface area contributed by atoms with Crippen LogP contribution in [-0.2, 0) is 24.5 Å². The van der Waals surface area contributed by atoms with Crippen molar-refractivity contribution in [2.24, 2.45) is 0 Å². The molecule has 0 amide bonds. The molecule has 0 saturated heterocycles. The van der Waals surface area contributed by atoms with Gasteiger partial charge in [-0.1, -0.05) is 59.8 Å². The van der Waals surface area contributed by atoms with Crippen molar-refractivity contribution in [1.82, 2.24) is 15.0 Å². The minimum Gasteiger partial charge on any atom is -0.370 e. The molecule has 0 N–H and O–H groups in total. The quantitative estimate of drug-likeness (QED) is 0.575. The van der Waals surface area contributed by atoms with Gasteiger partial charge in [0.05, 0.1) is 25.5 Å². The van der Waals surface area contributed by atoms with Gasteiger partial charge in [0.25, 0.3) is 0 Å². The summed E-state index contributed by atoms with van der Waals surface area (Å²) in [6.07, 6.45) is 0. The van der Waals surface area contributed by atoms with E-state index in [1.807, 2.05) is 22.9 Å². The number of hydrogen-bond acceptors (Lipinski definition) is 3. The highest BCUT2D eigenvalue weighted by molar-refractivity contribution is 5.69. The Hall–Kier alpha value is -2.46. The molecule has 0 saturated carbocycles. The first-order chi connectivity index (χ1) is 10.4. The molecule has 0 fully saturated rings. The average Bonchev–Trinajstić information content (AvgIpc) is 3.08. The molecule has 0 spiro atoms. The Morgan fingerprint density at radius 2 is 1.76 bits per heavy atom. The van der Waals surface area contributed by atoms with Gasteiger partial charge in [0.15, 0.2) is 0 Å². The summed E-state index contributed by atoms with van der Waals surface area (Å²) >= 11 is 0. The molecule has 4 rings (SSSR count). The van der Waals surface area contributed by atoms with E-state index in [1.165, 1.54) is 16.7 Å². The second-order valence-electron chi connectivity index (χ2n) is 5.18. The second kappa shape index (κ2) is 5.14. The van der Waals surface area contributed by atoms with Gasteiger partial charge in [-0.2, -0.15) is 0 Å². The first kappa shape index (κ1) is 12.3. The molecular weight excluding hydrogens is 262 g/mol. The van der Waals surface area contributed by atoms with E-state index in [0.717, 1.165) is 17.9 Å². The molecule has 3 aromatic rings. The lowest BCUT2D eigenvalue weighted by atomic mass is 10.1. The molecule has 0 aliphatic carbocycles. The van der Waals surface area contributed by atoms with Crippen LogP contribution in [-0.4, -0.2) is 15.0 Å². The topological polar surface area (TPSA) is 39.9 Å². The van der Waals surface area contributed by atoms with Gasteiger partial charge in [-0.25, -0.2) is 4.68 Å². The van der Waals surface area contributed by atoms with E-state index < -0.39 is 0 Å². The van der Waals surface area contributed by atoms with E-state index in [-0.39, 0.29) is 0 Å². The van der Waals surface area contributed by atoms with Gasteiger partial charge in [-0.3, -0.25) is 0 Å². The van der Waals surface area contributed by atoms with Gasteiger partial charge in [0.2, 0.25) is 0 Å². The van der Waals surface area contributed by atoms with Crippen LogP contribution in [0.1, 0.15) is 16.8 Å². The van der Waals surface area contributed by atoms with Crippen molar-refractivity contribution in [1.29, 1.82) is 0 Å². The second-order valence-corrected chi connectivity index (χ2v) is 5.18. The fourth-order valence-corrected chi connectivity index (χ4v) is 2.74. The minimum absolute atomic E-state index is 0.485. The molecule has 0 atom stereocenters. The molecule has 1 aliphatic rings. The monoisotopic (exact) mass is 277 g/mol. The van der Waals surface area contributed by atoms with Gasteiger partial charge >= 0.3 is 0 Å². The highest BCUT2D eigenvalue weighted by Crippen LogP contribution is 2.32. The smallest absolute Gasteiger partial charge is 0.116 e. The highest BCUT2D eigenvalue weighted by atomic mass is 16.5. The predicted molar refractivity (Wildman–Crippen MR) is 79.5 cm³/mol. The largest absolute Gasteiger partial charge is 0.370 e. The third-order valence-electron chi connectivity index (χ3n) is 3.75. The summed E-state index contributed by atoms with van der Waals surface area (Å²) in [6.45, 7) is 1.88. The van der Waals surface area contributed by atoms with E-state index >= 15 is 0 Å². The summed E-state index contributed by atoms with van der Waals surface area (Å²) in [6, 6.07) is 18.5. The van der Waals surface area contributed by atoms with Crippen molar-refractivity contribution in [2.75, 3.05) is 0 Å². The first-order valence-electron chi connectivity index (χ1n) is 7.04. The van der Waals surface area contributed by atoms with Gasteiger partial charge in [0, 0.05) is 5.56 Å². The van der Waals surface area contributed by atoms with Crippen molar-refractivity contribution < 1.29 is 4.74 Å². The third-order valence-corrected chi connectivity index (χ3v) is 3.75. The minimum atomic E-state index is 0.485. The van der Waals surface area contributed by atoms with Gasteiger partial charge < -0.3 is 4.74 Å². The lowest BCUT2D eigenvalue weighted by Gasteiger charge is -2.04. The normalized spacial score (nSPS) is 12.2. The molecule has 0 unspecified atom stereocenters. The molecule has 104 valence electrons. The lowest BCUT2D eigenvalue weighted by Crippen LogP contribution is -1.96. The van der Waals surface area contributed by atoms with Crippen molar-refractivity contribution in [3.63, 3.8) is 0 Å². The Morgan fingerprint density at radius 3 is 2.67 bits per heavy atom. The lowest BCUT2D eigenvalue weighted by molar-refractivity contribution is 0.105. The van der Waals surface area contributed by atoms with E-state index in [9.17, 15) is 0 Å². The zero-order valence-corrected chi connectivity index (χ0v) is 11.6. The van der Waals surface area contributed by atoms with Gasteiger partial charge in [0.1, 0.15) is 5.69 Å². The summed E-state index contributed by atoms with van der Waals surface area (Å²) < 4.78 is 7.74. The van der Waals surface area contributed by atoms with Crippen molar-refractivity contribution in [3.05, 3.63) is 71.4 Å². The van der Waals surface area contributed by atoms with E-state index in [0.29, 0.717) is 13.2 Å². The molecule has 1 aliphatic heterocycles. The van der Waals surface area contributed by atoms with E-state index in [4.69, 9.17) is 4.74 Å². The average molecular weight is 277 g/mol. The van der Waals surface area contributed by atoms with Gasteiger partial charge in [-0.15, -0.1) is 5.10 Å². The number of benzene rings is 2. The van der Waals surface area contributed by atoms with E-state index in [2.05, 4.69) is 46.7 Å². The summed E-state index contributed by atoms with van der Waals surface area (Å²) in [7, 11) is 0. The van der Waals surface area contributed by atoms with Crippen LogP contribution in [0.15, 0.2) is 54.6 Å². The van der Waals surface area contributed by atoms with Crippen molar-refractivity contribution in [3.8, 4) is 11.3 Å². The molecule has 0 bridgehead atoms. The summed E-state index contributed by atoms with van der Waals surface area (Å²) in [4.78, 5) is 0. The maximum absolute atomic E-state index is 5.79. The zero-order chi connectivity index (χ0) is 14.1. The number of fused-ring (bicyclic) bond motifs is 3. The fraction of sp³-hybridized carbons (Fsp3) is 0.176. The van der Waals surface area contributed by atoms with Crippen molar-refractivity contribution in [2.45, 2.75) is 19.8 Å².